The summed E-state index contributed by atoms with van der Waals surface area (Å²) in [5.41, 5.74) is -0.192. The summed E-state index contributed by atoms with van der Waals surface area (Å²) in [6.07, 6.45) is 1.61. The zero-order valence-corrected chi connectivity index (χ0v) is 7.27. The normalized spacial score (nSPS) is 9.44. The van der Waals surface area contributed by atoms with E-state index in [0.29, 0.717) is 4.64 Å². The first kappa shape index (κ1) is 6.94. The molecule has 3 nitrogen and oxygen atoms in total. The molecule has 0 unspecified atom stereocenters. The van der Waals surface area contributed by atoms with Gasteiger partial charge in [-0.3, -0.25) is 4.98 Å². The van der Waals surface area contributed by atoms with Gasteiger partial charge in [0.15, 0.2) is 0 Å². The largest absolute Gasteiger partial charge is 0.335 e. The van der Waals surface area contributed by atoms with Crippen molar-refractivity contribution in [1.82, 2.24) is 7.76 Å². The van der Waals surface area contributed by atoms with E-state index in [0.717, 1.165) is 0 Å². The van der Waals surface area contributed by atoms with Gasteiger partial charge in [-0.05, 0) is 6.07 Å². The Balaban J connectivity index is 3.52. The number of hydrogen-bond acceptors (Lipinski definition) is 2. The van der Waals surface area contributed by atoms with Gasteiger partial charge in [0, 0.05) is 6.20 Å². The smallest absolute Gasteiger partial charge is 0.298 e. The Morgan fingerprint density at radius 3 is 2.89 bits per heavy atom. The lowest BCUT2D eigenvalue weighted by molar-refractivity contribution is 1.04. The van der Waals surface area contributed by atoms with E-state index >= 15 is 0 Å². The van der Waals surface area contributed by atoms with Crippen molar-refractivity contribution < 1.29 is 0 Å². The first-order valence-electron chi connectivity index (χ1n) is 2.18. The minimum atomic E-state index is -0.192. The molecule has 1 rings (SSSR count). The molecule has 0 bridgehead atoms. The van der Waals surface area contributed by atoms with Gasteiger partial charge in [-0.15, -0.1) is 0 Å². The van der Waals surface area contributed by atoms with Gasteiger partial charge in [0.05, 0.1) is 22.9 Å². The second-order valence-electron chi connectivity index (χ2n) is 1.42. The summed E-state index contributed by atoms with van der Waals surface area (Å²) in [5, 5.41) is 0. The first-order valence-corrected chi connectivity index (χ1v) is 3.55. The Morgan fingerprint density at radius 1 is 1.78 bits per heavy atom. The molecular weight excluding hydrogens is 251 g/mol. The number of hydrogen-bond donors (Lipinski definition) is 1. The quantitative estimate of drug-likeness (QED) is 0.556. The number of H-pyrrole nitrogens is 1. The molecule has 0 amide bonds. The van der Waals surface area contributed by atoms with Crippen molar-refractivity contribution in [1.29, 1.82) is 0 Å². The van der Waals surface area contributed by atoms with Crippen molar-refractivity contribution in [2.45, 2.75) is 0 Å². The van der Waals surface area contributed by atoms with E-state index in [1.54, 1.807) is 12.3 Å². The van der Waals surface area contributed by atoms with Crippen molar-refractivity contribution in [3.05, 3.63) is 27.4 Å². The molecule has 5 heteroatoms. The fourth-order valence-electron chi connectivity index (χ4n) is 0.401. The highest BCUT2D eigenvalue weighted by molar-refractivity contribution is 14.1. The van der Waals surface area contributed by atoms with Crippen LogP contribution >= 0.6 is 35.1 Å². The maximum atomic E-state index is 10.7. The van der Waals surface area contributed by atoms with Crippen LogP contribution in [0.2, 0.25) is 0 Å². The SMILES string of the molecule is O=c1[nH]c(=S)ccn1I. The van der Waals surface area contributed by atoms with Crippen LogP contribution < -0.4 is 5.69 Å². The summed E-state index contributed by atoms with van der Waals surface area (Å²) in [5.74, 6) is 0. The molecule has 48 valence electrons. The van der Waals surface area contributed by atoms with Crippen molar-refractivity contribution >= 4 is 35.1 Å². The summed E-state index contributed by atoms with van der Waals surface area (Å²) >= 11 is 6.55. The highest BCUT2D eigenvalue weighted by Gasteiger charge is 1.85. The standard InChI is InChI=1S/C4H3IN2OS/c5-7-2-1-3(9)6-4(7)8/h1-2H,(H,6,8,9). The van der Waals surface area contributed by atoms with E-state index in [4.69, 9.17) is 0 Å². The zero-order valence-electron chi connectivity index (χ0n) is 4.30. The van der Waals surface area contributed by atoms with E-state index in [1.807, 2.05) is 22.9 Å². The monoisotopic (exact) mass is 254 g/mol. The Hall–Kier alpha value is -0.170. The molecular formula is C4H3IN2OS. The second kappa shape index (κ2) is 2.61. The zero-order chi connectivity index (χ0) is 6.85. The second-order valence-corrected chi connectivity index (χ2v) is 2.90. The van der Waals surface area contributed by atoms with Crippen LogP contribution in [-0.2, 0) is 0 Å². The lowest BCUT2D eigenvalue weighted by Crippen LogP contribution is -2.14. The van der Waals surface area contributed by atoms with Crippen LogP contribution in [0.4, 0.5) is 0 Å². The van der Waals surface area contributed by atoms with Crippen LogP contribution in [0.15, 0.2) is 17.1 Å². The minimum absolute atomic E-state index is 0.192. The van der Waals surface area contributed by atoms with Crippen molar-refractivity contribution in [3.63, 3.8) is 0 Å². The van der Waals surface area contributed by atoms with Crippen LogP contribution in [0.25, 0.3) is 0 Å². The van der Waals surface area contributed by atoms with Gasteiger partial charge in [0.2, 0.25) is 0 Å². The fourth-order valence-corrected chi connectivity index (χ4v) is 0.831. The maximum Gasteiger partial charge on any atom is 0.335 e. The van der Waals surface area contributed by atoms with Gasteiger partial charge in [-0.25, -0.2) is 7.58 Å². The van der Waals surface area contributed by atoms with Crippen molar-refractivity contribution in [2.24, 2.45) is 0 Å². The van der Waals surface area contributed by atoms with Gasteiger partial charge in [0.25, 0.3) is 0 Å². The molecule has 0 saturated carbocycles. The Kier molecular flexibility index (Phi) is 2.01. The Morgan fingerprint density at radius 2 is 2.44 bits per heavy atom. The lowest BCUT2D eigenvalue weighted by atomic mass is 10.7. The van der Waals surface area contributed by atoms with Gasteiger partial charge >= 0.3 is 5.69 Å². The highest BCUT2D eigenvalue weighted by atomic mass is 127. The van der Waals surface area contributed by atoms with E-state index < -0.39 is 0 Å². The average Bonchev–Trinajstić information content (AvgIpc) is 1.80. The number of nitrogens with one attached hydrogen (secondary N) is 1. The molecule has 0 aliphatic rings. The van der Waals surface area contributed by atoms with Crippen molar-refractivity contribution in [3.8, 4) is 0 Å². The van der Waals surface area contributed by atoms with Crippen molar-refractivity contribution in [2.75, 3.05) is 0 Å². The number of rotatable bonds is 0. The van der Waals surface area contributed by atoms with Crippen LogP contribution in [0, 0.1) is 4.64 Å². The molecule has 0 atom stereocenters. The summed E-state index contributed by atoms with van der Waals surface area (Å²) < 4.78 is 1.86. The molecule has 1 aromatic heterocycles. The maximum absolute atomic E-state index is 10.7. The van der Waals surface area contributed by atoms with E-state index in [9.17, 15) is 4.79 Å². The molecule has 0 aliphatic heterocycles. The van der Waals surface area contributed by atoms with Gasteiger partial charge < -0.3 is 0 Å². The van der Waals surface area contributed by atoms with E-state index in [2.05, 4.69) is 17.2 Å². The topological polar surface area (TPSA) is 37.8 Å². The molecule has 1 heterocycles. The summed E-state index contributed by atoms with van der Waals surface area (Å²) in [7, 11) is 0. The molecule has 1 N–H and O–H groups in total. The predicted molar refractivity (Wildman–Crippen MR) is 45.3 cm³/mol. The number of aromatic nitrogens is 2. The lowest BCUT2D eigenvalue weighted by Gasteiger charge is -1.88. The Labute approximate surface area is 70.2 Å². The summed E-state index contributed by atoms with van der Waals surface area (Å²) in [6, 6.07) is 1.66. The van der Waals surface area contributed by atoms with Gasteiger partial charge in [-0.2, -0.15) is 0 Å². The Bertz CT molecular complexity index is 315. The third-order valence-corrected chi connectivity index (χ3v) is 1.78. The third kappa shape index (κ3) is 1.62. The number of aromatic amines is 1. The average molecular weight is 254 g/mol. The van der Waals surface area contributed by atoms with Crippen LogP contribution in [0.5, 0.6) is 0 Å². The molecule has 0 fully saturated rings. The molecule has 0 aromatic carbocycles. The summed E-state index contributed by atoms with van der Waals surface area (Å²) in [4.78, 5) is 13.1. The first-order chi connectivity index (χ1) is 4.20. The molecule has 0 aliphatic carbocycles. The number of nitrogens with zero attached hydrogens (tertiary/aromatic N) is 1. The number of halogens is 1. The summed E-state index contributed by atoms with van der Waals surface area (Å²) in [6.45, 7) is 0. The minimum Gasteiger partial charge on any atom is -0.298 e. The highest BCUT2D eigenvalue weighted by Crippen LogP contribution is 1.85. The molecule has 0 spiro atoms. The van der Waals surface area contributed by atoms with Gasteiger partial charge in [0.1, 0.15) is 4.64 Å². The van der Waals surface area contributed by atoms with E-state index in [1.165, 1.54) is 2.78 Å². The molecule has 9 heavy (non-hydrogen) atoms. The van der Waals surface area contributed by atoms with Crippen LogP contribution in [0.1, 0.15) is 0 Å². The van der Waals surface area contributed by atoms with E-state index in [-0.39, 0.29) is 5.69 Å². The third-order valence-electron chi connectivity index (χ3n) is 0.781. The van der Waals surface area contributed by atoms with Crippen LogP contribution in [-0.4, -0.2) is 7.76 Å². The van der Waals surface area contributed by atoms with Crippen LogP contribution in [0.3, 0.4) is 0 Å². The fraction of sp³-hybridized carbons (Fsp3) is 0. The molecule has 1 aromatic rings. The molecule has 0 radical (unpaired) electrons. The molecule has 0 saturated heterocycles. The van der Waals surface area contributed by atoms with Gasteiger partial charge in [-0.1, -0.05) is 12.2 Å². The predicted octanol–water partition coefficient (Wildman–Crippen LogP) is 1.10.